The normalized spacial score (nSPS) is 16.2. The van der Waals surface area contributed by atoms with E-state index in [1.165, 1.54) is 23.1 Å². The molecule has 0 bridgehead atoms. The van der Waals surface area contributed by atoms with Gasteiger partial charge in [0.1, 0.15) is 17.9 Å². The Kier molecular flexibility index (Phi) is 8.45. The van der Waals surface area contributed by atoms with Crippen molar-refractivity contribution in [1.82, 2.24) is 20.2 Å². The van der Waals surface area contributed by atoms with Gasteiger partial charge in [0, 0.05) is 71.6 Å². The number of benzene rings is 2. The first-order valence-electron chi connectivity index (χ1n) is 14.0. The lowest BCUT2D eigenvalue weighted by Gasteiger charge is -2.38. The summed E-state index contributed by atoms with van der Waals surface area (Å²) in [5.41, 5.74) is 6.44. The number of nitrogens with zero attached hydrogens (tertiary/aromatic N) is 5. The number of hydrogen-bond acceptors (Lipinski definition) is 9. The number of anilines is 2. The highest BCUT2D eigenvalue weighted by Gasteiger charge is 2.47. The lowest BCUT2D eigenvalue weighted by atomic mass is 9.81. The van der Waals surface area contributed by atoms with Crippen molar-refractivity contribution in [3.63, 3.8) is 0 Å². The fraction of sp³-hybridized carbons (Fsp3) is 0.250. The number of aryl methyl sites for hydroxylation is 1. The maximum atomic E-state index is 15.9. The van der Waals surface area contributed by atoms with Gasteiger partial charge in [-0.1, -0.05) is 24.3 Å². The van der Waals surface area contributed by atoms with Crippen LogP contribution in [0.5, 0.6) is 0 Å². The number of aliphatic imine (C=N–C) groups is 1. The highest BCUT2D eigenvalue weighted by atomic mass is 19.1. The number of pyridine rings is 1. The molecular formula is C32H34F2N8O3. The second-order valence-corrected chi connectivity index (χ2v) is 11.1. The van der Waals surface area contributed by atoms with Gasteiger partial charge >= 0.3 is 0 Å². The van der Waals surface area contributed by atoms with Crippen LogP contribution in [0.2, 0.25) is 0 Å². The molecule has 45 heavy (non-hydrogen) atoms. The van der Waals surface area contributed by atoms with Gasteiger partial charge in [0.25, 0.3) is 5.91 Å². The van der Waals surface area contributed by atoms with Crippen molar-refractivity contribution in [3.05, 3.63) is 123 Å². The summed E-state index contributed by atoms with van der Waals surface area (Å²) in [5, 5.41) is 5.86. The number of rotatable bonds is 9. The molecule has 1 atom stereocenters. The largest absolute Gasteiger partial charge is 0.446 e. The zero-order valence-electron chi connectivity index (χ0n) is 25.6. The van der Waals surface area contributed by atoms with E-state index in [0.29, 0.717) is 22.5 Å². The highest BCUT2D eigenvalue weighted by molar-refractivity contribution is 6.11. The molecular weight excluding hydrogens is 582 g/mol. The molecule has 0 fully saturated rings. The minimum absolute atomic E-state index is 0.0825. The molecule has 4 N–H and O–H groups in total. The summed E-state index contributed by atoms with van der Waals surface area (Å²) in [4.78, 5) is 38.3. The number of nitrogens with two attached hydrogens (primary N) is 1. The van der Waals surface area contributed by atoms with E-state index >= 15 is 8.78 Å². The van der Waals surface area contributed by atoms with Gasteiger partial charge in [-0.25, -0.2) is 18.8 Å². The Morgan fingerprint density at radius 2 is 1.67 bits per heavy atom. The number of oxazole rings is 1. The van der Waals surface area contributed by atoms with Crippen LogP contribution in [0.15, 0.2) is 92.9 Å². The molecule has 11 nitrogen and oxygen atoms in total. The average molecular weight is 617 g/mol. The average Bonchev–Trinajstić information content (AvgIpc) is 3.55. The number of aromatic nitrogens is 2. The Labute approximate surface area is 258 Å². The van der Waals surface area contributed by atoms with Crippen molar-refractivity contribution in [2.75, 3.05) is 38.0 Å². The number of carbonyl (C=O) groups excluding carboxylic acids is 1. The zero-order chi connectivity index (χ0) is 32.5. The van der Waals surface area contributed by atoms with Gasteiger partial charge < -0.3 is 35.2 Å². The zero-order valence-corrected chi connectivity index (χ0v) is 25.6. The van der Waals surface area contributed by atoms with Gasteiger partial charge in [0.2, 0.25) is 11.4 Å². The predicted molar refractivity (Wildman–Crippen MR) is 168 cm³/mol. The summed E-state index contributed by atoms with van der Waals surface area (Å²) >= 11 is 0. The van der Waals surface area contributed by atoms with Crippen LogP contribution in [0.25, 0.3) is 0 Å². The highest BCUT2D eigenvalue weighted by Crippen LogP contribution is 2.36. The molecule has 3 heterocycles. The van der Waals surface area contributed by atoms with Crippen LogP contribution in [0.3, 0.4) is 0 Å². The third-order valence-electron chi connectivity index (χ3n) is 7.58. The quantitative estimate of drug-likeness (QED) is 0.262. The predicted octanol–water partition coefficient (Wildman–Crippen LogP) is 2.76. The van der Waals surface area contributed by atoms with Gasteiger partial charge in [-0.05, 0) is 23.8 Å². The van der Waals surface area contributed by atoms with Gasteiger partial charge in [-0.15, -0.1) is 0 Å². The number of halogens is 2. The van der Waals surface area contributed by atoms with Crippen LogP contribution < -0.4 is 31.7 Å². The maximum Gasteiger partial charge on any atom is 0.273 e. The van der Waals surface area contributed by atoms with Crippen molar-refractivity contribution < 1.29 is 18.0 Å². The van der Waals surface area contributed by atoms with Crippen molar-refractivity contribution in [1.29, 1.82) is 0 Å². The van der Waals surface area contributed by atoms with Crippen molar-refractivity contribution in [2.45, 2.75) is 18.5 Å². The standard InChI is InChI=1S/C32H34F2N8O3/c1-40(2)22-10-6-8-19(25(22)33)16-32(31-36-14-15-45-31)28(21-12-13-24(43)42(5)18-21)38-27(29(35)39-32)30(44)37-17-20-9-7-11-23(26(20)34)41(3)4/h6-15,18,39H,16-17,35H2,1-5H3,(H,37,44). The Balaban J connectivity index is 1.62. The summed E-state index contributed by atoms with van der Waals surface area (Å²) < 4.78 is 38.1. The number of hydrogen-bond donors (Lipinski definition) is 3. The molecule has 234 valence electrons. The maximum absolute atomic E-state index is 15.9. The minimum atomic E-state index is -1.51. The van der Waals surface area contributed by atoms with Crippen LogP contribution in [-0.2, 0) is 30.3 Å². The van der Waals surface area contributed by atoms with Crippen molar-refractivity contribution in [2.24, 2.45) is 17.8 Å². The van der Waals surface area contributed by atoms with E-state index in [1.54, 1.807) is 93.7 Å². The monoisotopic (exact) mass is 616 g/mol. The minimum Gasteiger partial charge on any atom is -0.446 e. The Morgan fingerprint density at radius 3 is 2.27 bits per heavy atom. The molecule has 13 heteroatoms. The molecule has 2 aromatic heterocycles. The SMILES string of the molecule is CN(C)c1cccc(CNC(=O)C2=C(N)NC(Cc3cccc(N(C)C)c3F)(c3ncco3)C(c3ccc(=O)n(C)c3)=N2)c1F. The lowest BCUT2D eigenvalue weighted by molar-refractivity contribution is -0.117. The van der Waals surface area contributed by atoms with E-state index in [0.717, 1.165) is 0 Å². The first-order chi connectivity index (χ1) is 21.4. The molecule has 1 aliphatic rings. The van der Waals surface area contributed by atoms with Crippen LogP contribution in [0.4, 0.5) is 20.2 Å². The Morgan fingerprint density at radius 1 is 1.02 bits per heavy atom. The van der Waals surface area contributed by atoms with Gasteiger partial charge in [-0.3, -0.25) is 9.59 Å². The Hall–Kier alpha value is -5.46. The Bertz CT molecular complexity index is 1860. The summed E-state index contributed by atoms with van der Waals surface area (Å²) in [6, 6.07) is 12.8. The van der Waals surface area contributed by atoms with E-state index in [1.807, 2.05) is 0 Å². The molecule has 1 unspecified atom stereocenters. The van der Waals surface area contributed by atoms with Crippen LogP contribution in [-0.4, -0.2) is 49.4 Å². The molecule has 0 saturated heterocycles. The van der Waals surface area contributed by atoms with Crippen molar-refractivity contribution in [3.8, 4) is 0 Å². The molecule has 1 amide bonds. The van der Waals surface area contributed by atoms with Crippen LogP contribution >= 0.6 is 0 Å². The summed E-state index contributed by atoms with van der Waals surface area (Å²) in [6.07, 6.45) is 4.26. The van der Waals surface area contributed by atoms with Gasteiger partial charge in [0.05, 0.1) is 23.3 Å². The van der Waals surface area contributed by atoms with E-state index in [-0.39, 0.29) is 47.2 Å². The molecule has 0 radical (unpaired) electrons. The second-order valence-electron chi connectivity index (χ2n) is 11.1. The second kappa shape index (κ2) is 12.3. The first-order valence-corrected chi connectivity index (χ1v) is 14.0. The van der Waals surface area contributed by atoms with Crippen molar-refractivity contribution >= 4 is 23.0 Å². The van der Waals surface area contributed by atoms with E-state index in [9.17, 15) is 9.59 Å². The number of amides is 1. The molecule has 2 aromatic carbocycles. The smallest absolute Gasteiger partial charge is 0.273 e. The van der Waals surface area contributed by atoms with Gasteiger partial charge in [0.15, 0.2) is 17.1 Å². The molecule has 4 aromatic rings. The lowest BCUT2D eigenvalue weighted by Crippen LogP contribution is -2.56. The third kappa shape index (κ3) is 5.88. The fourth-order valence-corrected chi connectivity index (χ4v) is 5.27. The number of carbonyl (C=O) groups is 1. The fourth-order valence-electron chi connectivity index (χ4n) is 5.27. The molecule has 0 aliphatic carbocycles. The topological polar surface area (TPSA) is 134 Å². The summed E-state index contributed by atoms with van der Waals surface area (Å²) in [5.74, 6) is -1.65. The first kappa shape index (κ1) is 31.0. The van der Waals surface area contributed by atoms with E-state index in [2.05, 4.69) is 15.6 Å². The van der Waals surface area contributed by atoms with Crippen LogP contribution in [0.1, 0.15) is 22.6 Å². The molecule has 5 rings (SSSR count). The molecule has 1 aliphatic heterocycles. The molecule has 0 spiro atoms. The molecule has 0 saturated carbocycles. The summed E-state index contributed by atoms with van der Waals surface area (Å²) in [6.45, 7) is -0.138. The van der Waals surface area contributed by atoms with E-state index in [4.69, 9.17) is 15.1 Å². The van der Waals surface area contributed by atoms with Gasteiger partial charge in [-0.2, -0.15) is 0 Å². The summed E-state index contributed by atoms with van der Waals surface area (Å²) in [7, 11) is 8.48. The van der Waals surface area contributed by atoms with E-state index < -0.39 is 23.1 Å². The third-order valence-corrected chi connectivity index (χ3v) is 7.58. The number of nitrogens with one attached hydrogen (secondary N) is 2. The van der Waals surface area contributed by atoms with Crippen LogP contribution in [0, 0.1) is 11.6 Å².